The minimum absolute atomic E-state index is 0.0375. The van der Waals surface area contributed by atoms with E-state index in [0.717, 1.165) is 10.0 Å². The molecule has 0 fully saturated rings. The first-order valence-electron chi connectivity index (χ1n) is 8.83. The number of rotatable bonds is 4. The topological polar surface area (TPSA) is 106 Å². The average molecular weight is 486 g/mol. The van der Waals surface area contributed by atoms with Gasteiger partial charge in [-0.15, -0.1) is 0 Å². The van der Waals surface area contributed by atoms with Crippen LogP contribution in [0.2, 0.25) is 0 Å². The van der Waals surface area contributed by atoms with Gasteiger partial charge in [-0.25, -0.2) is 13.6 Å². The van der Waals surface area contributed by atoms with Gasteiger partial charge >= 0.3 is 0 Å². The molecular formula is C21H16BrN3O4S. The number of furan rings is 1. The molecule has 0 saturated heterocycles. The number of hydrogen-bond donors (Lipinski definition) is 1. The van der Waals surface area contributed by atoms with Crippen molar-refractivity contribution >= 4 is 49.3 Å². The molecule has 1 amide bonds. The zero-order valence-electron chi connectivity index (χ0n) is 15.7. The number of amides is 1. The summed E-state index contributed by atoms with van der Waals surface area (Å²) in [6, 6.07) is 16.9. The molecule has 0 radical (unpaired) electrons. The Bertz CT molecular complexity index is 1310. The normalized spacial score (nSPS) is 15.7. The van der Waals surface area contributed by atoms with Gasteiger partial charge in [0.25, 0.3) is 5.91 Å². The summed E-state index contributed by atoms with van der Waals surface area (Å²) in [5.74, 6) is 0.851. The van der Waals surface area contributed by atoms with Crippen molar-refractivity contribution < 1.29 is 17.6 Å². The summed E-state index contributed by atoms with van der Waals surface area (Å²) in [4.78, 5) is 12.8. The first-order valence-corrected chi connectivity index (χ1v) is 11.2. The van der Waals surface area contributed by atoms with Crippen molar-refractivity contribution in [3.63, 3.8) is 0 Å². The van der Waals surface area contributed by atoms with Crippen molar-refractivity contribution in [3.05, 3.63) is 76.5 Å². The molecule has 2 N–H and O–H groups in total. The summed E-state index contributed by atoms with van der Waals surface area (Å²) in [6.45, 7) is 1.72. The van der Waals surface area contributed by atoms with Gasteiger partial charge in [0.15, 0.2) is 0 Å². The number of primary sulfonamides is 1. The van der Waals surface area contributed by atoms with Crippen LogP contribution in [0, 0.1) is 0 Å². The standard InChI is InChI=1S/C21H16BrN3O4S/c1-13-18(12-15-8-11-20(29-15)17-4-2-3-5-19(17)22)21(26)25(24-13)14-6-9-16(10-7-14)30(23,27)28/h2-12H,1H3,(H2,23,27,28). The molecule has 2 heterocycles. The van der Waals surface area contributed by atoms with Crippen LogP contribution < -0.4 is 10.1 Å². The maximum Gasteiger partial charge on any atom is 0.280 e. The SMILES string of the molecule is CC1=NN(c2ccc(S(N)(=O)=O)cc2)C(=O)C1=Cc1ccc(-c2ccccc2Br)o1. The molecule has 1 aromatic heterocycles. The number of hydrazone groups is 1. The average Bonchev–Trinajstić information content (AvgIpc) is 3.28. The smallest absolute Gasteiger partial charge is 0.280 e. The lowest BCUT2D eigenvalue weighted by Gasteiger charge is -2.11. The van der Waals surface area contributed by atoms with Gasteiger partial charge in [-0.3, -0.25) is 4.79 Å². The predicted octanol–water partition coefficient (Wildman–Crippen LogP) is 4.16. The molecule has 1 aliphatic heterocycles. The van der Waals surface area contributed by atoms with E-state index in [1.54, 1.807) is 19.1 Å². The van der Waals surface area contributed by atoms with Crippen molar-refractivity contribution in [2.24, 2.45) is 10.2 Å². The summed E-state index contributed by atoms with van der Waals surface area (Å²) in [5.41, 5.74) is 2.25. The summed E-state index contributed by atoms with van der Waals surface area (Å²) in [7, 11) is -3.81. The minimum atomic E-state index is -3.81. The Kier molecular flexibility index (Phi) is 5.19. The van der Waals surface area contributed by atoms with Crippen LogP contribution in [0.3, 0.4) is 0 Å². The quantitative estimate of drug-likeness (QED) is 0.559. The van der Waals surface area contributed by atoms with Crippen LogP contribution in [0.4, 0.5) is 5.69 Å². The summed E-state index contributed by atoms with van der Waals surface area (Å²) >= 11 is 3.50. The number of benzene rings is 2. The van der Waals surface area contributed by atoms with Crippen LogP contribution in [-0.4, -0.2) is 20.0 Å². The number of carbonyl (C=O) groups is 1. The number of nitrogens with zero attached hydrogens (tertiary/aromatic N) is 2. The predicted molar refractivity (Wildman–Crippen MR) is 118 cm³/mol. The lowest BCUT2D eigenvalue weighted by atomic mass is 10.1. The van der Waals surface area contributed by atoms with E-state index in [9.17, 15) is 13.2 Å². The molecule has 0 spiro atoms. The molecule has 152 valence electrons. The highest BCUT2D eigenvalue weighted by atomic mass is 79.9. The molecule has 0 unspecified atom stereocenters. The van der Waals surface area contributed by atoms with Crippen LogP contribution in [0.25, 0.3) is 17.4 Å². The monoisotopic (exact) mass is 485 g/mol. The molecular weight excluding hydrogens is 470 g/mol. The van der Waals surface area contributed by atoms with Crippen molar-refractivity contribution in [3.8, 4) is 11.3 Å². The summed E-state index contributed by atoms with van der Waals surface area (Å²) in [6.07, 6.45) is 1.64. The molecule has 0 bridgehead atoms. The van der Waals surface area contributed by atoms with Gasteiger partial charge in [-0.05, 0) is 55.5 Å². The lowest BCUT2D eigenvalue weighted by Crippen LogP contribution is -2.21. The van der Waals surface area contributed by atoms with Crippen LogP contribution >= 0.6 is 15.9 Å². The Morgan fingerprint density at radius 3 is 2.43 bits per heavy atom. The molecule has 0 saturated carbocycles. The van der Waals surface area contributed by atoms with E-state index in [1.807, 2.05) is 30.3 Å². The molecule has 0 aliphatic carbocycles. The third kappa shape index (κ3) is 3.87. The fourth-order valence-corrected chi connectivity index (χ4v) is 4.01. The Morgan fingerprint density at radius 2 is 1.77 bits per heavy atom. The summed E-state index contributed by atoms with van der Waals surface area (Å²) in [5, 5.41) is 10.6. The lowest BCUT2D eigenvalue weighted by molar-refractivity contribution is -0.114. The number of halogens is 1. The Hall–Kier alpha value is -3.01. The number of carbonyl (C=O) groups excluding carboxylic acids is 1. The van der Waals surface area contributed by atoms with Gasteiger partial charge in [0, 0.05) is 10.0 Å². The van der Waals surface area contributed by atoms with E-state index in [4.69, 9.17) is 9.56 Å². The highest BCUT2D eigenvalue weighted by Crippen LogP contribution is 2.31. The maximum atomic E-state index is 12.9. The van der Waals surface area contributed by atoms with Gasteiger partial charge in [0.05, 0.1) is 21.9 Å². The zero-order chi connectivity index (χ0) is 21.5. The van der Waals surface area contributed by atoms with Gasteiger partial charge in [0.2, 0.25) is 10.0 Å². The van der Waals surface area contributed by atoms with Gasteiger partial charge in [0.1, 0.15) is 11.5 Å². The molecule has 0 atom stereocenters. The number of anilines is 1. The second kappa shape index (κ2) is 7.67. The van der Waals surface area contributed by atoms with Gasteiger partial charge < -0.3 is 4.42 Å². The highest BCUT2D eigenvalue weighted by molar-refractivity contribution is 9.10. The molecule has 30 heavy (non-hydrogen) atoms. The van der Waals surface area contributed by atoms with Crippen molar-refractivity contribution in [2.75, 3.05) is 5.01 Å². The van der Waals surface area contributed by atoms with Crippen LogP contribution in [0.1, 0.15) is 12.7 Å². The third-order valence-electron chi connectivity index (χ3n) is 4.53. The third-order valence-corrected chi connectivity index (χ3v) is 6.15. The molecule has 9 heteroatoms. The summed E-state index contributed by atoms with van der Waals surface area (Å²) < 4.78 is 29.6. The molecule has 7 nitrogen and oxygen atoms in total. The van der Waals surface area contributed by atoms with Gasteiger partial charge in [-0.1, -0.05) is 34.1 Å². The molecule has 4 rings (SSSR count). The maximum absolute atomic E-state index is 12.9. The van der Waals surface area contributed by atoms with E-state index in [2.05, 4.69) is 21.0 Å². The largest absolute Gasteiger partial charge is 0.457 e. The second-order valence-electron chi connectivity index (χ2n) is 6.58. The second-order valence-corrected chi connectivity index (χ2v) is 9.00. The van der Waals surface area contributed by atoms with Crippen molar-refractivity contribution in [1.29, 1.82) is 0 Å². The van der Waals surface area contributed by atoms with E-state index >= 15 is 0 Å². The zero-order valence-corrected chi connectivity index (χ0v) is 18.1. The fraction of sp³-hybridized carbons (Fsp3) is 0.0476. The van der Waals surface area contributed by atoms with Gasteiger partial charge in [-0.2, -0.15) is 10.1 Å². The highest BCUT2D eigenvalue weighted by Gasteiger charge is 2.29. The Balaban J connectivity index is 1.61. The number of sulfonamides is 1. The van der Waals surface area contributed by atoms with Crippen molar-refractivity contribution in [1.82, 2.24) is 0 Å². The first-order chi connectivity index (χ1) is 14.2. The fourth-order valence-electron chi connectivity index (χ4n) is 3.01. The van der Waals surface area contributed by atoms with E-state index in [1.165, 1.54) is 29.3 Å². The van der Waals surface area contributed by atoms with E-state index in [0.29, 0.717) is 28.5 Å². The van der Waals surface area contributed by atoms with Crippen LogP contribution in [0.5, 0.6) is 0 Å². The molecule has 3 aromatic rings. The Morgan fingerprint density at radius 1 is 1.07 bits per heavy atom. The minimum Gasteiger partial charge on any atom is -0.457 e. The molecule has 2 aromatic carbocycles. The Labute approximate surface area is 181 Å². The number of hydrogen-bond acceptors (Lipinski definition) is 5. The van der Waals surface area contributed by atoms with E-state index in [-0.39, 0.29) is 10.8 Å². The van der Waals surface area contributed by atoms with Crippen molar-refractivity contribution in [2.45, 2.75) is 11.8 Å². The van der Waals surface area contributed by atoms with Crippen LogP contribution in [-0.2, 0) is 14.8 Å². The first kappa shape index (κ1) is 20.3. The van der Waals surface area contributed by atoms with E-state index < -0.39 is 10.0 Å². The molecule has 1 aliphatic rings. The number of nitrogens with two attached hydrogens (primary N) is 1. The van der Waals surface area contributed by atoms with Crippen LogP contribution in [0.15, 0.2) is 85.1 Å².